The molecule has 0 heterocycles. The first-order valence-electron chi connectivity index (χ1n) is 1.78. The fraction of sp³-hybridized carbons (Fsp3) is 0. The van der Waals surface area contributed by atoms with Gasteiger partial charge in [-0.2, -0.15) is 0 Å². The van der Waals surface area contributed by atoms with Gasteiger partial charge in [0.1, 0.15) is 0 Å². The standard InChI is InChI=1S/CH2O3.Ca.2HNO3.2H/c2-1(3)4;;2*2-1(3)4;;/h(H2,2,3,4);;2*(H,2,3,4);;/q;+2;;;2*-1. The van der Waals surface area contributed by atoms with Crippen LogP contribution in [0.4, 0.5) is 4.79 Å². The third-order valence-corrected chi connectivity index (χ3v) is 0. The van der Waals surface area contributed by atoms with Crippen molar-refractivity contribution in [2.75, 3.05) is 0 Å². The van der Waals surface area contributed by atoms with Gasteiger partial charge in [-0.1, -0.05) is 0 Å². The van der Waals surface area contributed by atoms with Gasteiger partial charge in [0.15, 0.2) is 0 Å². The third kappa shape index (κ3) is 761. The maximum atomic E-state index is 8.56. The smallest absolute Gasteiger partial charge is 1.00 e. The van der Waals surface area contributed by atoms with Crippen LogP contribution in [0.5, 0.6) is 0 Å². The second-order valence-corrected chi connectivity index (χ2v) is 0.758. The molecule has 0 aliphatic heterocycles. The van der Waals surface area contributed by atoms with Crippen molar-refractivity contribution < 1.29 is 38.4 Å². The predicted molar refractivity (Wildman–Crippen MR) is 36.2 cm³/mol. The molecule has 0 saturated heterocycles. The number of carboxylic acid groups (broad SMARTS) is 2. The first kappa shape index (κ1) is 22.7. The average molecular weight is 230 g/mol. The quantitative estimate of drug-likeness (QED) is 0.239. The van der Waals surface area contributed by atoms with Crippen LogP contribution >= 0.6 is 0 Å². The van der Waals surface area contributed by atoms with E-state index in [0.29, 0.717) is 0 Å². The van der Waals surface area contributed by atoms with Crippen LogP contribution in [0, 0.1) is 20.2 Å². The van der Waals surface area contributed by atoms with Crippen molar-refractivity contribution in [3.05, 3.63) is 20.2 Å². The van der Waals surface area contributed by atoms with Crippen LogP contribution < -0.4 is 0 Å². The fourth-order valence-electron chi connectivity index (χ4n) is 0. The molecule has 0 fully saturated rings. The summed E-state index contributed by atoms with van der Waals surface area (Å²) < 4.78 is 0. The van der Waals surface area contributed by atoms with E-state index in [2.05, 4.69) is 0 Å². The van der Waals surface area contributed by atoms with Crippen LogP contribution in [0.2, 0.25) is 0 Å². The van der Waals surface area contributed by atoms with E-state index >= 15 is 0 Å². The van der Waals surface area contributed by atoms with Crippen LogP contribution in [0.25, 0.3) is 0 Å². The normalized spacial score (nSPS) is 5.54. The Hall–Kier alpha value is -1.07. The van der Waals surface area contributed by atoms with Crippen molar-refractivity contribution in [3.63, 3.8) is 0 Å². The maximum Gasteiger partial charge on any atom is 2.00 e. The van der Waals surface area contributed by atoms with Crippen LogP contribution in [0.1, 0.15) is 2.85 Å². The van der Waals surface area contributed by atoms with Crippen molar-refractivity contribution in [2.24, 2.45) is 0 Å². The van der Waals surface area contributed by atoms with Crippen LogP contribution in [-0.2, 0) is 0 Å². The van der Waals surface area contributed by atoms with Crippen molar-refractivity contribution in [3.8, 4) is 0 Å². The van der Waals surface area contributed by atoms with Gasteiger partial charge in [0, 0.05) is 0 Å². The van der Waals surface area contributed by atoms with E-state index in [9.17, 15) is 0 Å². The Kier molecular flexibility index (Phi) is 29.9. The second kappa shape index (κ2) is 17.1. The largest absolute Gasteiger partial charge is 2.00 e. The number of hydrogen-bond acceptors (Lipinski definition) is 5. The first-order valence-corrected chi connectivity index (χ1v) is 1.78. The molecular weight excluding hydrogens is 224 g/mol. The molecular formula is CH6CaN2O9. The Morgan fingerprint density at radius 2 is 1.08 bits per heavy atom. The van der Waals surface area contributed by atoms with Crippen LogP contribution in [-0.4, -0.2) is 74.7 Å². The molecule has 0 aromatic carbocycles. The van der Waals surface area contributed by atoms with Crippen LogP contribution in [0.3, 0.4) is 0 Å². The van der Waals surface area contributed by atoms with Gasteiger partial charge >= 0.3 is 43.9 Å². The molecule has 0 unspecified atom stereocenters. The van der Waals surface area contributed by atoms with Gasteiger partial charge in [-0.25, -0.2) is 4.79 Å². The topological polar surface area (TPSA) is 184 Å². The molecule has 0 amide bonds. The summed E-state index contributed by atoms with van der Waals surface area (Å²) >= 11 is 0. The Bertz CT molecular complexity index is 124. The van der Waals surface area contributed by atoms with Crippen molar-refractivity contribution in [2.45, 2.75) is 0 Å². The van der Waals surface area contributed by atoms with E-state index in [1.807, 2.05) is 0 Å². The molecule has 4 N–H and O–H groups in total. The summed E-state index contributed by atoms with van der Waals surface area (Å²) in [6.45, 7) is 0. The average Bonchev–Trinajstić information content (AvgIpc) is 1.54. The molecule has 0 rings (SSSR count). The Morgan fingerprint density at radius 1 is 1.08 bits per heavy atom. The molecule has 76 valence electrons. The summed E-state index contributed by atoms with van der Waals surface area (Å²) in [5.74, 6) is 0. The van der Waals surface area contributed by atoms with Gasteiger partial charge in [-0.05, 0) is 0 Å². The predicted octanol–water partition coefficient (Wildman–Crippen LogP) is -0.629. The summed E-state index contributed by atoms with van der Waals surface area (Å²) in [6, 6.07) is 0. The van der Waals surface area contributed by atoms with Gasteiger partial charge < -0.3 is 23.5 Å². The minimum atomic E-state index is -1.83. The van der Waals surface area contributed by atoms with E-state index in [4.69, 9.17) is 45.7 Å². The number of nitrogens with zero attached hydrogens (tertiary/aromatic N) is 2. The zero-order valence-corrected chi connectivity index (χ0v) is 8.14. The zero-order chi connectivity index (χ0) is 10.7. The van der Waals surface area contributed by atoms with Gasteiger partial charge in [-0.15, -0.1) is 20.2 Å². The molecule has 0 aromatic heterocycles. The monoisotopic (exact) mass is 230 g/mol. The minimum absolute atomic E-state index is 0. The molecule has 0 aliphatic carbocycles. The molecule has 0 bridgehead atoms. The molecule has 0 atom stereocenters. The summed E-state index contributed by atoms with van der Waals surface area (Å²) in [6.07, 6.45) is -1.83. The molecule has 11 nitrogen and oxygen atoms in total. The fourth-order valence-corrected chi connectivity index (χ4v) is 0. The molecule has 12 heteroatoms. The third-order valence-electron chi connectivity index (χ3n) is 0. The van der Waals surface area contributed by atoms with E-state index in [0.717, 1.165) is 0 Å². The summed E-state index contributed by atoms with van der Waals surface area (Å²) in [5.41, 5.74) is 0. The van der Waals surface area contributed by atoms with Crippen LogP contribution in [0.15, 0.2) is 0 Å². The molecule has 0 saturated carbocycles. The summed E-state index contributed by atoms with van der Waals surface area (Å²) in [7, 11) is 0. The van der Waals surface area contributed by atoms with Crippen molar-refractivity contribution in [1.82, 2.24) is 0 Å². The van der Waals surface area contributed by atoms with Gasteiger partial charge in [-0.3, -0.25) is 0 Å². The molecule has 0 aromatic rings. The number of hydrogen-bond donors (Lipinski definition) is 4. The van der Waals surface area contributed by atoms with Crippen molar-refractivity contribution in [1.29, 1.82) is 0 Å². The SMILES string of the molecule is O=C(O)O.O=[N+]([O-])O.O=[N+]([O-])O.[Ca+2].[H-].[H-]. The van der Waals surface area contributed by atoms with E-state index in [1.165, 1.54) is 0 Å². The Morgan fingerprint density at radius 3 is 1.08 bits per heavy atom. The number of carbonyl (C=O) groups is 1. The second-order valence-electron chi connectivity index (χ2n) is 0.758. The minimum Gasteiger partial charge on any atom is -1.00 e. The molecule has 0 radical (unpaired) electrons. The molecule has 0 aliphatic rings. The van der Waals surface area contributed by atoms with Crippen molar-refractivity contribution >= 4 is 43.9 Å². The van der Waals surface area contributed by atoms with Gasteiger partial charge in [0.25, 0.3) is 10.2 Å². The number of rotatable bonds is 0. The van der Waals surface area contributed by atoms with E-state index in [-0.39, 0.29) is 40.6 Å². The van der Waals surface area contributed by atoms with Gasteiger partial charge in [0.05, 0.1) is 0 Å². The maximum absolute atomic E-state index is 8.56. The van der Waals surface area contributed by atoms with E-state index < -0.39 is 16.3 Å². The summed E-state index contributed by atoms with van der Waals surface area (Å²) in [5, 5.41) is 41.2. The zero-order valence-electron chi connectivity index (χ0n) is 7.93. The molecule has 13 heavy (non-hydrogen) atoms. The molecule has 0 spiro atoms. The first-order chi connectivity index (χ1) is 5.20. The summed E-state index contributed by atoms with van der Waals surface area (Å²) in [4.78, 5) is 25.3. The Labute approximate surface area is 102 Å². The van der Waals surface area contributed by atoms with Gasteiger partial charge in [0.2, 0.25) is 0 Å². The van der Waals surface area contributed by atoms with E-state index in [1.54, 1.807) is 0 Å². The Balaban J connectivity index is -0.0000000184.